The van der Waals surface area contributed by atoms with Crippen LogP contribution >= 0.6 is 27.3 Å². The van der Waals surface area contributed by atoms with Crippen LogP contribution in [0.25, 0.3) is 0 Å². The number of halogens is 2. The molecule has 0 spiro atoms. The van der Waals surface area contributed by atoms with Crippen LogP contribution < -0.4 is 10.1 Å². The van der Waals surface area contributed by atoms with Gasteiger partial charge < -0.3 is 10.1 Å². The number of hydrogen-bond acceptors (Lipinski definition) is 7. The zero-order chi connectivity index (χ0) is 14.7. The van der Waals surface area contributed by atoms with Crippen molar-refractivity contribution in [2.45, 2.75) is 6.61 Å². The number of nitro benzene ring substituents is 1. The lowest BCUT2D eigenvalue weighted by atomic mass is 10.3. The SMILES string of the molecule is CNc1nnc(COc2c(Br)cc(F)cc2[N+](=O)[O-])s1. The molecule has 7 nitrogen and oxygen atoms in total. The van der Waals surface area contributed by atoms with Crippen molar-refractivity contribution >= 4 is 38.1 Å². The van der Waals surface area contributed by atoms with Gasteiger partial charge in [-0.15, -0.1) is 10.2 Å². The van der Waals surface area contributed by atoms with E-state index in [0.29, 0.717) is 10.1 Å². The molecule has 0 bridgehead atoms. The van der Waals surface area contributed by atoms with E-state index >= 15 is 0 Å². The Hall–Kier alpha value is -1.81. The fraction of sp³-hybridized carbons (Fsp3) is 0.200. The molecule has 10 heteroatoms. The third kappa shape index (κ3) is 3.20. The van der Waals surface area contributed by atoms with Crippen molar-refractivity contribution in [3.05, 3.63) is 37.5 Å². The quantitative estimate of drug-likeness (QED) is 0.649. The first-order chi connectivity index (χ1) is 9.51. The molecule has 0 saturated heterocycles. The van der Waals surface area contributed by atoms with Crippen molar-refractivity contribution in [1.29, 1.82) is 0 Å². The van der Waals surface area contributed by atoms with Gasteiger partial charge in [0, 0.05) is 7.05 Å². The second kappa shape index (κ2) is 6.09. The predicted octanol–water partition coefficient (Wildman–Crippen LogP) is 2.97. The van der Waals surface area contributed by atoms with E-state index in [0.717, 1.165) is 12.1 Å². The molecule has 20 heavy (non-hydrogen) atoms. The van der Waals surface area contributed by atoms with Gasteiger partial charge in [-0.05, 0) is 22.0 Å². The molecule has 0 atom stereocenters. The highest BCUT2D eigenvalue weighted by atomic mass is 79.9. The second-order valence-corrected chi connectivity index (χ2v) is 5.45. The fourth-order valence-corrected chi connectivity index (χ4v) is 2.51. The maximum absolute atomic E-state index is 13.2. The molecule has 0 saturated carbocycles. The van der Waals surface area contributed by atoms with E-state index in [1.807, 2.05) is 0 Å². The number of benzene rings is 1. The molecule has 1 heterocycles. The first-order valence-electron chi connectivity index (χ1n) is 5.27. The Balaban J connectivity index is 2.22. The number of nitro groups is 1. The molecule has 2 aromatic rings. The number of nitrogens with zero attached hydrogens (tertiary/aromatic N) is 3. The summed E-state index contributed by atoms with van der Waals surface area (Å²) in [4.78, 5) is 10.2. The van der Waals surface area contributed by atoms with Crippen LogP contribution in [0.5, 0.6) is 5.75 Å². The minimum Gasteiger partial charge on any atom is -0.479 e. The highest BCUT2D eigenvalue weighted by Crippen LogP contribution is 2.36. The lowest BCUT2D eigenvalue weighted by Crippen LogP contribution is -2.00. The van der Waals surface area contributed by atoms with Gasteiger partial charge in [-0.3, -0.25) is 10.1 Å². The molecule has 1 aromatic heterocycles. The average Bonchev–Trinajstić information content (AvgIpc) is 2.84. The average molecular weight is 363 g/mol. The van der Waals surface area contributed by atoms with Crippen LogP contribution in [0.2, 0.25) is 0 Å². The summed E-state index contributed by atoms with van der Waals surface area (Å²) in [6, 6.07) is 1.90. The minimum absolute atomic E-state index is 0.00438. The normalized spacial score (nSPS) is 10.3. The van der Waals surface area contributed by atoms with Crippen molar-refractivity contribution in [2.24, 2.45) is 0 Å². The highest BCUT2D eigenvalue weighted by Gasteiger charge is 2.21. The van der Waals surface area contributed by atoms with Gasteiger partial charge in [-0.25, -0.2) is 4.39 Å². The van der Waals surface area contributed by atoms with E-state index in [1.165, 1.54) is 11.3 Å². The Morgan fingerprint density at radius 2 is 2.30 bits per heavy atom. The van der Waals surface area contributed by atoms with E-state index < -0.39 is 16.4 Å². The first-order valence-corrected chi connectivity index (χ1v) is 6.88. The Kier molecular flexibility index (Phi) is 4.45. The molecule has 0 aliphatic carbocycles. The van der Waals surface area contributed by atoms with E-state index in [9.17, 15) is 14.5 Å². The smallest absolute Gasteiger partial charge is 0.315 e. The van der Waals surface area contributed by atoms with Gasteiger partial charge in [-0.1, -0.05) is 11.3 Å². The molecule has 0 fully saturated rings. The van der Waals surface area contributed by atoms with Crippen molar-refractivity contribution in [3.63, 3.8) is 0 Å². The van der Waals surface area contributed by atoms with Gasteiger partial charge in [0.25, 0.3) is 0 Å². The monoisotopic (exact) mass is 362 g/mol. The molecule has 1 aromatic carbocycles. The highest BCUT2D eigenvalue weighted by molar-refractivity contribution is 9.10. The lowest BCUT2D eigenvalue weighted by Gasteiger charge is -2.07. The Bertz CT molecular complexity index is 651. The van der Waals surface area contributed by atoms with Gasteiger partial charge in [0.1, 0.15) is 12.4 Å². The summed E-state index contributed by atoms with van der Waals surface area (Å²) >= 11 is 4.30. The predicted molar refractivity (Wildman–Crippen MR) is 74.5 cm³/mol. The van der Waals surface area contributed by atoms with Crippen LogP contribution in [0, 0.1) is 15.9 Å². The Morgan fingerprint density at radius 3 is 2.90 bits per heavy atom. The van der Waals surface area contributed by atoms with Crippen LogP contribution in [0.1, 0.15) is 5.01 Å². The lowest BCUT2D eigenvalue weighted by molar-refractivity contribution is -0.386. The summed E-state index contributed by atoms with van der Waals surface area (Å²) < 4.78 is 18.7. The first kappa shape index (κ1) is 14.6. The van der Waals surface area contributed by atoms with Crippen LogP contribution in [-0.2, 0) is 6.61 Å². The topological polar surface area (TPSA) is 90.2 Å². The maximum atomic E-state index is 13.2. The zero-order valence-corrected chi connectivity index (χ0v) is 12.5. The van der Waals surface area contributed by atoms with Gasteiger partial charge in [-0.2, -0.15) is 0 Å². The Labute approximate surface area is 125 Å². The van der Waals surface area contributed by atoms with Crippen molar-refractivity contribution in [3.8, 4) is 5.75 Å². The minimum atomic E-state index is -0.718. The number of nitrogens with one attached hydrogen (secondary N) is 1. The largest absolute Gasteiger partial charge is 0.479 e. The van der Waals surface area contributed by atoms with Crippen LogP contribution in [-0.4, -0.2) is 22.2 Å². The van der Waals surface area contributed by atoms with Crippen LogP contribution in [0.3, 0.4) is 0 Å². The molecule has 1 N–H and O–H groups in total. The number of hydrogen-bond donors (Lipinski definition) is 1. The van der Waals surface area contributed by atoms with Gasteiger partial charge in [0.2, 0.25) is 10.9 Å². The third-order valence-corrected chi connectivity index (χ3v) is 3.71. The molecule has 0 aliphatic heterocycles. The molecular formula is C10H8BrFN4O3S. The number of aromatic nitrogens is 2. The number of rotatable bonds is 5. The number of anilines is 1. The molecule has 0 aliphatic rings. The van der Waals surface area contributed by atoms with Gasteiger partial charge >= 0.3 is 5.69 Å². The summed E-state index contributed by atoms with van der Waals surface area (Å²) in [5, 5.41) is 22.5. The zero-order valence-electron chi connectivity index (χ0n) is 10.1. The maximum Gasteiger partial charge on any atom is 0.315 e. The third-order valence-electron chi connectivity index (χ3n) is 2.21. The summed E-state index contributed by atoms with van der Waals surface area (Å²) in [6.45, 7) is 0.00438. The molecule has 0 amide bonds. The Morgan fingerprint density at radius 1 is 1.55 bits per heavy atom. The summed E-state index contributed by atoms with van der Waals surface area (Å²) in [5.41, 5.74) is -0.449. The van der Waals surface area contributed by atoms with Gasteiger partial charge in [0.15, 0.2) is 5.01 Å². The standard InChI is InChI=1S/C10H8BrFN4O3S/c1-13-10-15-14-8(20-10)4-19-9-6(11)2-5(12)3-7(9)16(17)18/h2-3H,4H2,1H3,(H,13,15). The molecule has 106 valence electrons. The van der Waals surface area contributed by atoms with Gasteiger partial charge in [0.05, 0.1) is 15.5 Å². The van der Waals surface area contributed by atoms with Crippen LogP contribution in [0.4, 0.5) is 15.2 Å². The van der Waals surface area contributed by atoms with Crippen molar-refractivity contribution in [1.82, 2.24) is 10.2 Å². The number of ether oxygens (including phenoxy) is 1. The fourth-order valence-electron chi connectivity index (χ4n) is 1.37. The van der Waals surface area contributed by atoms with Crippen molar-refractivity contribution in [2.75, 3.05) is 12.4 Å². The molecular weight excluding hydrogens is 355 g/mol. The van der Waals surface area contributed by atoms with E-state index in [1.54, 1.807) is 7.05 Å². The molecule has 0 radical (unpaired) electrons. The van der Waals surface area contributed by atoms with Crippen LogP contribution in [0.15, 0.2) is 16.6 Å². The molecule has 2 rings (SSSR count). The summed E-state index contributed by atoms with van der Waals surface area (Å²) in [5.74, 6) is -0.762. The van der Waals surface area contributed by atoms with E-state index in [-0.39, 0.29) is 16.8 Å². The van der Waals surface area contributed by atoms with Crippen molar-refractivity contribution < 1.29 is 14.1 Å². The second-order valence-electron chi connectivity index (χ2n) is 3.53. The van der Waals surface area contributed by atoms with E-state index in [4.69, 9.17) is 4.74 Å². The summed E-state index contributed by atoms with van der Waals surface area (Å²) in [7, 11) is 1.70. The summed E-state index contributed by atoms with van der Waals surface area (Å²) in [6.07, 6.45) is 0. The molecule has 0 unspecified atom stereocenters. The van der Waals surface area contributed by atoms with E-state index in [2.05, 4.69) is 31.4 Å².